The highest BCUT2D eigenvalue weighted by atomic mass is 16.1. The third kappa shape index (κ3) is 3.28. The zero-order valence-electron chi connectivity index (χ0n) is 14.5. The minimum absolute atomic E-state index is 0.0994. The Bertz CT molecular complexity index is 895. The molecule has 1 saturated heterocycles. The maximum atomic E-state index is 12.3. The second kappa shape index (κ2) is 6.69. The molecule has 1 aromatic heterocycles. The fourth-order valence-corrected chi connectivity index (χ4v) is 3.55. The van der Waals surface area contributed by atoms with E-state index in [1.807, 2.05) is 48.5 Å². The van der Waals surface area contributed by atoms with E-state index < -0.39 is 0 Å². The number of aryl methyl sites for hydroxylation is 1. The summed E-state index contributed by atoms with van der Waals surface area (Å²) in [6.45, 7) is 3.44. The molecule has 0 atom stereocenters. The van der Waals surface area contributed by atoms with Crippen molar-refractivity contribution >= 4 is 22.6 Å². The third-order valence-electron chi connectivity index (χ3n) is 4.99. The van der Waals surface area contributed by atoms with Crippen LogP contribution < -0.4 is 10.2 Å². The Kier molecular flexibility index (Phi) is 4.24. The summed E-state index contributed by atoms with van der Waals surface area (Å²) in [6.07, 6.45) is 2.63. The van der Waals surface area contributed by atoms with Crippen molar-refractivity contribution in [3.8, 4) is 0 Å². The smallest absolute Gasteiger partial charge is 0.255 e. The van der Waals surface area contributed by atoms with Crippen molar-refractivity contribution in [1.29, 1.82) is 0 Å². The standard InChI is InChI=1S/C20H22N4O/c1-23-18-10-9-16(21-20(25)15-7-3-2-4-8-15)13-17(18)22-19(23)14-24-11-5-6-12-24/h2-4,7-10,13H,5-6,11-12,14H2,1H3,(H,21,25)/p+1. The number of aromatic nitrogens is 2. The molecule has 0 radical (unpaired) electrons. The van der Waals surface area contributed by atoms with Gasteiger partial charge in [-0.1, -0.05) is 18.2 Å². The molecule has 1 amide bonds. The van der Waals surface area contributed by atoms with Crippen molar-refractivity contribution in [2.45, 2.75) is 19.4 Å². The van der Waals surface area contributed by atoms with Crippen LogP contribution in [0.4, 0.5) is 5.69 Å². The molecule has 1 fully saturated rings. The molecule has 5 heteroatoms. The molecular formula is C20H23N4O+. The zero-order chi connectivity index (χ0) is 17.2. The van der Waals surface area contributed by atoms with Crippen LogP contribution in [0.3, 0.4) is 0 Å². The van der Waals surface area contributed by atoms with Crippen molar-refractivity contribution in [3.63, 3.8) is 0 Å². The normalized spacial score (nSPS) is 14.9. The highest BCUT2D eigenvalue weighted by Crippen LogP contribution is 2.20. The van der Waals surface area contributed by atoms with Crippen molar-refractivity contribution < 1.29 is 9.69 Å². The Morgan fingerprint density at radius 3 is 2.68 bits per heavy atom. The van der Waals surface area contributed by atoms with Gasteiger partial charge in [-0.05, 0) is 30.3 Å². The van der Waals surface area contributed by atoms with Crippen molar-refractivity contribution in [1.82, 2.24) is 9.55 Å². The van der Waals surface area contributed by atoms with Crippen LogP contribution in [0.5, 0.6) is 0 Å². The van der Waals surface area contributed by atoms with Crippen LogP contribution in [0.25, 0.3) is 11.0 Å². The number of nitrogens with zero attached hydrogens (tertiary/aromatic N) is 2. The molecule has 2 heterocycles. The van der Waals surface area contributed by atoms with E-state index in [1.54, 1.807) is 4.90 Å². The highest BCUT2D eigenvalue weighted by molar-refractivity contribution is 6.04. The summed E-state index contributed by atoms with van der Waals surface area (Å²) in [5.74, 6) is 1.01. The van der Waals surface area contributed by atoms with Gasteiger partial charge in [-0.25, -0.2) is 4.98 Å². The largest absolute Gasteiger partial charge is 0.329 e. The maximum absolute atomic E-state index is 12.3. The highest BCUT2D eigenvalue weighted by Gasteiger charge is 2.19. The lowest BCUT2D eigenvalue weighted by molar-refractivity contribution is -0.902. The molecule has 0 unspecified atom stereocenters. The van der Waals surface area contributed by atoms with Gasteiger partial charge in [0.15, 0.2) is 5.82 Å². The number of quaternary nitrogens is 1. The number of likely N-dealkylation sites (tertiary alicyclic amines) is 1. The fourth-order valence-electron chi connectivity index (χ4n) is 3.55. The number of carbonyl (C=O) groups is 1. The summed E-state index contributed by atoms with van der Waals surface area (Å²) >= 11 is 0. The monoisotopic (exact) mass is 335 g/mol. The summed E-state index contributed by atoms with van der Waals surface area (Å²) in [5.41, 5.74) is 3.47. The summed E-state index contributed by atoms with van der Waals surface area (Å²) in [6, 6.07) is 15.2. The number of carbonyl (C=O) groups excluding carboxylic acids is 1. The number of amides is 1. The first kappa shape index (κ1) is 15.8. The number of anilines is 1. The van der Waals surface area contributed by atoms with Gasteiger partial charge in [-0.3, -0.25) is 4.79 Å². The molecule has 0 saturated carbocycles. The number of fused-ring (bicyclic) bond motifs is 1. The Hall–Kier alpha value is -2.66. The van der Waals surface area contributed by atoms with Crippen molar-refractivity contribution in [3.05, 3.63) is 59.9 Å². The Morgan fingerprint density at radius 2 is 1.92 bits per heavy atom. The molecule has 0 aliphatic carbocycles. The first-order valence-corrected chi connectivity index (χ1v) is 8.86. The van der Waals surface area contributed by atoms with Crippen LogP contribution in [0, 0.1) is 0 Å². The lowest BCUT2D eigenvalue weighted by Gasteiger charge is -2.11. The number of benzene rings is 2. The molecular weight excluding hydrogens is 312 g/mol. The molecule has 0 bridgehead atoms. The minimum Gasteiger partial charge on any atom is -0.329 e. The lowest BCUT2D eigenvalue weighted by atomic mass is 10.2. The number of hydrogen-bond acceptors (Lipinski definition) is 2. The van der Waals surface area contributed by atoms with Crippen LogP contribution in [0.2, 0.25) is 0 Å². The Morgan fingerprint density at radius 1 is 1.16 bits per heavy atom. The lowest BCUT2D eigenvalue weighted by Crippen LogP contribution is -3.08. The van der Waals surface area contributed by atoms with Crippen molar-refractivity contribution in [2.75, 3.05) is 18.4 Å². The van der Waals surface area contributed by atoms with E-state index >= 15 is 0 Å². The molecule has 1 aliphatic rings. The van der Waals surface area contributed by atoms with Crippen LogP contribution in [0.15, 0.2) is 48.5 Å². The van der Waals surface area contributed by atoms with Gasteiger partial charge >= 0.3 is 0 Å². The van der Waals surface area contributed by atoms with Gasteiger partial charge in [0.25, 0.3) is 5.91 Å². The van der Waals surface area contributed by atoms with Crippen molar-refractivity contribution in [2.24, 2.45) is 7.05 Å². The third-order valence-corrected chi connectivity index (χ3v) is 4.99. The van der Waals surface area contributed by atoms with Gasteiger partial charge in [0.05, 0.1) is 24.1 Å². The average Bonchev–Trinajstić information content (AvgIpc) is 3.24. The first-order chi connectivity index (χ1) is 12.2. The SMILES string of the molecule is Cn1c(C[NH+]2CCCC2)nc2cc(NC(=O)c3ccccc3)ccc21. The first-order valence-electron chi connectivity index (χ1n) is 8.86. The van der Waals surface area contributed by atoms with Gasteiger partial charge in [-0.2, -0.15) is 0 Å². The molecule has 25 heavy (non-hydrogen) atoms. The number of nitrogens with one attached hydrogen (secondary N) is 2. The summed E-state index contributed by atoms with van der Waals surface area (Å²) in [4.78, 5) is 18.7. The molecule has 4 rings (SSSR count). The zero-order valence-corrected chi connectivity index (χ0v) is 14.5. The van der Waals surface area contributed by atoms with Gasteiger partial charge in [-0.15, -0.1) is 0 Å². The number of imidazole rings is 1. The number of hydrogen-bond donors (Lipinski definition) is 2. The van der Waals surface area contributed by atoms with Gasteiger partial charge in [0, 0.05) is 31.1 Å². The topological polar surface area (TPSA) is 51.4 Å². The van der Waals surface area contributed by atoms with Crippen LogP contribution >= 0.6 is 0 Å². The molecule has 1 aliphatic heterocycles. The van der Waals surface area contributed by atoms with Gasteiger partial charge < -0.3 is 14.8 Å². The molecule has 3 aromatic rings. The number of rotatable bonds is 4. The summed E-state index contributed by atoms with van der Waals surface area (Å²) in [7, 11) is 2.07. The quantitative estimate of drug-likeness (QED) is 0.766. The maximum Gasteiger partial charge on any atom is 0.255 e. The van der Waals surface area contributed by atoms with Crippen LogP contribution in [-0.2, 0) is 13.6 Å². The second-order valence-corrected chi connectivity index (χ2v) is 6.74. The minimum atomic E-state index is -0.0994. The Balaban J connectivity index is 1.56. The molecule has 0 spiro atoms. The van der Waals surface area contributed by atoms with E-state index in [1.165, 1.54) is 25.9 Å². The van der Waals surface area contributed by atoms with E-state index in [-0.39, 0.29) is 5.91 Å². The van der Waals surface area contributed by atoms with Gasteiger partial charge in [0.2, 0.25) is 0 Å². The van der Waals surface area contributed by atoms with E-state index in [4.69, 9.17) is 4.98 Å². The molecule has 2 N–H and O–H groups in total. The van der Waals surface area contributed by atoms with E-state index in [2.05, 4.69) is 16.9 Å². The molecule has 2 aromatic carbocycles. The van der Waals surface area contributed by atoms with Gasteiger partial charge in [0.1, 0.15) is 6.54 Å². The predicted octanol–water partition coefficient (Wildman–Crippen LogP) is 2.00. The average molecular weight is 335 g/mol. The molecule has 5 nitrogen and oxygen atoms in total. The van der Waals surface area contributed by atoms with Crippen LogP contribution in [0.1, 0.15) is 29.0 Å². The van der Waals surface area contributed by atoms with Crippen LogP contribution in [-0.4, -0.2) is 28.5 Å². The molecule has 128 valence electrons. The summed E-state index contributed by atoms with van der Waals surface area (Å²) < 4.78 is 2.17. The second-order valence-electron chi connectivity index (χ2n) is 6.74. The van der Waals surface area contributed by atoms with E-state index in [0.717, 1.165) is 29.1 Å². The summed E-state index contributed by atoms with van der Waals surface area (Å²) in [5, 5.41) is 2.96. The Labute approximate surface area is 147 Å². The fraction of sp³-hybridized carbons (Fsp3) is 0.300. The predicted molar refractivity (Wildman–Crippen MR) is 98.7 cm³/mol. The van der Waals surface area contributed by atoms with E-state index in [9.17, 15) is 4.79 Å². The van der Waals surface area contributed by atoms with E-state index in [0.29, 0.717) is 5.56 Å².